The second kappa shape index (κ2) is 12.4. The molecule has 0 aliphatic carbocycles. The summed E-state index contributed by atoms with van der Waals surface area (Å²) in [7, 11) is 3.25. The van der Waals surface area contributed by atoms with E-state index in [0.29, 0.717) is 25.6 Å². The molecule has 1 saturated heterocycles. The molecule has 0 unspecified atom stereocenters. The van der Waals surface area contributed by atoms with E-state index in [9.17, 15) is 4.79 Å². The van der Waals surface area contributed by atoms with Gasteiger partial charge in [-0.15, -0.1) is 0 Å². The van der Waals surface area contributed by atoms with Crippen LogP contribution in [0.2, 0.25) is 0 Å². The molecule has 1 aromatic heterocycles. The van der Waals surface area contributed by atoms with Crippen molar-refractivity contribution in [1.29, 1.82) is 0 Å². The van der Waals surface area contributed by atoms with E-state index in [2.05, 4.69) is 32.2 Å². The number of benzene rings is 1. The Kier molecular flexibility index (Phi) is 9.29. The fourth-order valence-corrected chi connectivity index (χ4v) is 3.35. The maximum atomic E-state index is 12.2. The Morgan fingerprint density at radius 1 is 1.19 bits per heavy atom. The number of hydrogen-bond donors (Lipinski definition) is 1. The van der Waals surface area contributed by atoms with Gasteiger partial charge in [-0.05, 0) is 17.7 Å². The lowest BCUT2D eigenvalue weighted by Crippen LogP contribution is -2.41. The SMILES string of the molecule is COCCNC(=O)c1coc(CN(CCN2CCOCC2)Cc2ccc(OC)cc2)n1. The van der Waals surface area contributed by atoms with Crippen LogP contribution in [0.4, 0.5) is 0 Å². The number of methoxy groups -OCH3 is 2. The summed E-state index contributed by atoms with van der Waals surface area (Å²) in [4.78, 5) is 21.2. The summed E-state index contributed by atoms with van der Waals surface area (Å²) in [6.45, 7) is 7.37. The lowest BCUT2D eigenvalue weighted by Gasteiger charge is -2.29. The maximum absolute atomic E-state index is 12.2. The molecule has 1 aliphatic heterocycles. The summed E-state index contributed by atoms with van der Waals surface area (Å²) in [5.74, 6) is 1.09. The zero-order valence-electron chi connectivity index (χ0n) is 18.3. The number of aromatic nitrogens is 1. The van der Waals surface area contributed by atoms with Crippen LogP contribution in [0.15, 0.2) is 34.9 Å². The first-order chi connectivity index (χ1) is 15.2. The van der Waals surface area contributed by atoms with Gasteiger partial charge in [-0.3, -0.25) is 14.6 Å². The van der Waals surface area contributed by atoms with Gasteiger partial charge >= 0.3 is 0 Å². The lowest BCUT2D eigenvalue weighted by molar-refractivity contribution is 0.0320. The second-order valence-corrected chi connectivity index (χ2v) is 7.39. The minimum Gasteiger partial charge on any atom is -0.497 e. The van der Waals surface area contributed by atoms with E-state index >= 15 is 0 Å². The van der Waals surface area contributed by atoms with Crippen molar-refractivity contribution < 1.29 is 23.4 Å². The average molecular weight is 433 g/mol. The largest absolute Gasteiger partial charge is 0.497 e. The van der Waals surface area contributed by atoms with Gasteiger partial charge in [0.1, 0.15) is 12.0 Å². The first-order valence-corrected chi connectivity index (χ1v) is 10.5. The van der Waals surface area contributed by atoms with Crippen LogP contribution in [0, 0.1) is 0 Å². The van der Waals surface area contributed by atoms with Crippen molar-refractivity contribution in [2.75, 3.05) is 66.8 Å². The monoisotopic (exact) mass is 432 g/mol. The van der Waals surface area contributed by atoms with Gasteiger partial charge in [0, 0.05) is 46.4 Å². The maximum Gasteiger partial charge on any atom is 0.273 e. The zero-order valence-corrected chi connectivity index (χ0v) is 18.3. The summed E-state index contributed by atoms with van der Waals surface area (Å²) in [5.41, 5.74) is 1.45. The molecule has 1 aromatic carbocycles. The molecule has 3 rings (SSSR count). The molecule has 1 fully saturated rings. The van der Waals surface area contributed by atoms with Crippen molar-refractivity contribution in [2.45, 2.75) is 13.1 Å². The second-order valence-electron chi connectivity index (χ2n) is 7.39. The Bertz CT molecular complexity index is 789. The van der Waals surface area contributed by atoms with Crippen molar-refractivity contribution in [3.05, 3.63) is 47.7 Å². The third kappa shape index (κ3) is 7.62. The topological polar surface area (TPSA) is 89.3 Å². The van der Waals surface area contributed by atoms with Crippen molar-refractivity contribution in [1.82, 2.24) is 20.1 Å². The van der Waals surface area contributed by atoms with Crippen LogP contribution < -0.4 is 10.1 Å². The van der Waals surface area contributed by atoms with Crippen LogP contribution in [0.3, 0.4) is 0 Å². The number of hydrogen-bond acceptors (Lipinski definition) is 8. The Hall–Kier alpha value is -2.46. The molecule has 0 saturated carbocycles. The van der Waals surface area contributed by atoms with Crippen LogP contribution in [0.5, 0.6) is 5.75 Å². The van der Waals surface area contributed by atoms with Gasteiger partial charge in [-0.1, -0.05) is 12.1 Å². The molecule has 9 nitrogen and oxygen atoms in total. The summed E-state index contributed by atoms with van der Waals surface area (Å²) in [6.07, 6.45) is 1.41. The number of carbonyl (C=O) groups excluding carboxylic acids is 1. The van der Waals surface area contributed by atoms with Gasteiger partial charge in [-0.25, -0.2) is 4.98 Å². The van der Waals surface area contributed by atoms with Crippen LogP contribution in [-0.2, 0) is 22.6 Å². The molecule has 0 bridgehead atoms. The number of nitrogens with zero attached hydrogens (tertiary/aromatic N) is 3. The van der Waals surface area contributed by atoms with Crippen molar-refractivity contribution >= 4 is 5.91 Å². The highest BCUT2D eigenvalue weighted by Gasteiger charge is 2.17. The summed E-state index contributed by atoms with van der Waals surface area (Å²) < 4.78 is 21.2. The third-order valence-corrected chi connectivity index (χ3v) is 5.14. The number of morpholine rings is 1. The Morgan fingerprint density at radius 2 is 1.97 bits per heavy atom. The predicted molar refractivity (Wildman–Crippen MR) is 115 cm³/mol. The Labute approximate surface area is 183 Å². The van der Waals surface area contributed by atoms with Gasteiger partial charge in [0.2, 0.25) is 5.89 Å². The lowest BCUT2D eigenvalue weighted by atomic mass is 10.2. The quantitative estimate of drug-likeness (QED) is 0.504. The van der Waals surface area contributed by atoms with Crippen LogP contribution in [0.1, 0.15) is 21.9 Å². The fourth-order valence-electron chi connectivity index (χ4n) is 3.35. The number of amides is 1. The normalized spacial score (nSPS) is 14.7. The molecule has 31 heavy (non-hydrogen) atoms. The van der Waals surface area contributed by atoms with Gasteiger partial charge in [0.05, 0.1) is 33.5 Å². The predicted octanol–water partition coefficient (Wildman–Crippen LogP) is 1.39. The molecule has 1 N–H and O–H groups in total. The molecule has 2 heterocycles. The smallest absolute Gasteiger partial charge is 0.273 e. The molecular weight excluding hydrogens is 400 g/mol. The highest BCUT2D eigenvalue weighted by atomic mass is 16.5. The first kappa shape index (κ1) is 23.2. The Morgan fingerprint density at radius 3 is 2.68 bits per heavy atom. The molecule has 170 valence electrons. The average Bonchev–Trinajstić information content (AvgIpc) is 3.27. The highest BCUT2D eigenvalue weighted by Crippen LogP contribution is 2.15. The number of nitrogens with one attached hydrogen (secondary N) is 1. The number of carbonyl (C=O) groups is 1. The number of oxazole rings is 1. The van der Waals surface area contributed by atoms with E-state index < -0.39 is 0 Å². The summed E-state index contributed by atoms with van der Waals surface area (Å²) in [6, 6.07) is 8.04. The van der Waals surface area contributed by atoms with Gasteiger partial charge in [0.25, 0.3) is 5.91 Å². The van der Waals surface area contributed by atoms with Crippen LogP contribution in [0.25, 0.3) is 0 Å². The highest BCUT2D eigenvalue weighted by molar-refractivity contribution is 5.91. The van der Waals surface area contributed by atoms with Gasteiger partial charge in [0.15, 0.2) is 5.69 Å². The van der Waals surface area contributed by atoms with E-state index in [1.807, 2.05) is 12.1 Å². The van der Waals surface area contributed by atoms with Crippen LogP contribution in [-0.4, -0.2) is 87.5 Å². The van der Waals surface area contributed by atoms with Gasteiger partial charge in [-0.2, -0.15) is 0 Å². The molecule has 1 aliphatic rings. The third-order valence-electron chi connectivity index (χ3n) is 5.14. The molecule has 0 atom stereocenters. The minimum absolute atomic E-state index is 0.262. The fraction of sp³-hybridized carbons (Fsp3) is 0.545. The first-order valence-electron chi connectivity index (χ1n) is 10.5. The molecule has 9 heteroatoms. The molecule has 0 radical (unpaired) electrons. The van der Waals surface area contributed by atoms with E-state index in [0.717, 1.165) is 51.7 Å². The van der Waals surface area contributed by atoms with Crippen molar-refractivity contribution in [3.63, 3.8) is 0 Å². The minimum atomic E-state index is -0.262. The van der Waals surface area contributed by atoms with Crippen LogP contribution >= 0.6 is 0 Å². The van der Waals surface area contributed by atoms with Crippen molar-refractivity contribution in [2.24, 2.45) is 0 Å². The van der Waals surface area contributed by atoms with E-state index in [1.54, 1.807) is 14.2 Å². The van der Waals surface area contributed by atoms with E-state index in [-0.39, 0.29) is 11.6 Å². The van der Waals surface area contributed by atoms with Crippen molar-refractivity contribution in [3.8, 4) is 5.75 Å². The Balaban J connectivity index is 1.61. The summed E-state index contributed by atoms with van der Waals surface area (Å²) >= 11 is 0. The molecule has 2 aromatic rings. The molecule has 1 amide bonds. The standard InChI is InChI=1S/C22H32N4O5/c1-28-12-7-23-22(27)20-17-31-21(24-20)16-26(9-8-25-10-13-30-14-11-25)15-18-3-5-19(29-2)6-4-18/h3-6,17H,7-16H2,1-2H3,(H,23,27). The summed E-state index contributed by atoms with van der Waals surface area (Å²) in [5, 5.41) is 2.75. The van der Waals surface area contributed by atoms with E-state index in [1.165, 1.54) is 11.8 Å². The molecular formula is C22H32N4O5. The number of rotatable bonds is 12. The number of ether oxygens (including phenoxy) is 3. The molecule has 0 spiro atoms. The zero-order chi connectivity index (χ0) is 21.9. The van der Waals surface area contributed by atoms with E-state index in [4.69, 9.17) is 18.6 Å². The van der Waals surface area contributed by atoms with Gasteiger partial charge < -0.3 is 23.9 Å².